The predicted octanol–water partition coefficient (Wildman–Crippen LogP) is 0.971. The lowest BCUT2D eigenvalue weighted by Crippen LogP contribution is -2.12. The summed E-state index contributed by atoms with van der Waals surface area (Å²) in [6.07, 6.45) is 4.16. The summed E-state index contributed by atoms with van der Waals surface area (Å²) in [6.45, 7) is -0.626. The van der Waals surface area contributed by atoms with Gasteiger partial charge in [0.05, 0.1) is 11.7 Å². The highest BCUT2D eigenvalue weighted by molar-refractivity contribution is 5.88. The SMILES string of the molecule is O=C(OCO)n1ccc2ccncc21. The second-order valence-corrected chi connectivity index (χ2v) is 2.66. The van der Waals surface area contributed by atoms with E-state index in [1.165, 1.54) is 4.57 Å². The molecular formula is C9H8N2O3. The minimum absolute atomic E-state index is 0.615. The summed E-state index contributed by atoms with van der Waals surface area (Å²) in [5.74, 6) is 0. The molecule has 2 heterocycles. The molecule has 2 aromatic heterocycles. The van der Waals surface area contributed by atoms with Crippen LogP contribution in [0.25, 0.3) is 10.9 Å². The molecule has 0 aromatic carbocycles. The van der Waals surface area contributed by atoms with Crippen molar-refractivity contribution in [3.8, 4) is 0 Å². The van der Waals surface area contributed by atoms with Gasteiger partial charge in [-0.15, -0.1) is 0 Å². The largest absolute Gasteiger partial charge is 0.422 e. The molecule has 2 aromatic rings. The third-order valence-corrected chi connectivity index (χ3v) is 1.88. The highest BCUT2D eigenvalue weighted by atomic mass is 16.6. The highest BCUT2D eigenvalue weighted by Crippen LogP contribution is 2.13. The van der Waals surface area contributed by atoms with Crippen LogP contribution in [0.3, 0.4) is 0 Å². The average Bonchev–Trinajstić information content (AvgIpc) is 2.61. The van der Waals surface area contributed by atoms with Gasteiger partial charge in [0.2, 0.25) is 0 Å². The van der Waals surface area contributed by atoms with Gasteiger partial charge in [0.1, 0.15) is 0 Å². The molecule has 0 aliphatic heterocycles. The molecule has 1 N–H and O–H groups in total. The first-order valence-corrected chi connectivity index (χ1v) is 4.02. The van der Waals surface area contributed by atoms with E-state index in [4.69, 9.17) is 5.11 Å². The second-order valence-electron chi connectivity index (χ2n) is 2.66. The number of rotatable bonds is 1. The van der Waals surface area contributed by atoms with Crippen LogP contribution in [0, 0.1) is 0 Å². The van der Waals surface area contributed by atoms with Crippen molar-refractivity contribution in [2.75, 3.05) is 6.79 Å². The maximum Gasteiger partial charge on any atom is 0.420 e. The van der Waals surface area contributed by atoms with Crippen LogP contribution < -0.4 is 0 Å². The van der Waals surface area contributed by atoms with E-state index < -0.39 is 12.9 Å². The Labute approximate surface area is 79.6 Å². The molecule has 0 bridgehead atoms. The van der Waals surface area contributed by atoms with E-state index in [0.29, 0.717) is 5.52 Å². The first-order valence-electron chi connectivity index (χ1n) is 4.02. The number of aliphatic hydroxyl groups excluding tert-OH is 1. The van der Waals surface area contributed by atoms with E-state index in [2.05, 4.69) is 9.72 Å². The molecule has 5 nitrogen and oxygen atoms in total. The smallest absolute Gasteiger partial charge is 0.420 e. The maximum atomic E-state index is 11.3. The number of carbonyl (C=O) groups is 1. The molecule has 0 radical (unpaired) electrons. The zero-order chi connectivity index (χ0) is 9.97. The quantitative estimate of drug-likeness (QED) is 0.684. The van der Waals surface area contributed by atoms with Gasteiger partial charge in [-0.1, -0.05) is 0 Å². The fourth-order valence-electron chi connectivity index (χ4n) is 1.26. The molecular weight excluding hydrogens is 184 g/mol. The Bertz CT molecular complexity index is 464. The zero-order valence-electron chi connectivity index (χ0n) is 7.25. The topological polar surface area (TPSA) is 64.3 Å². The van der Waals surface area contributed by atoms with E-state index in [1.807, 2.05) is 0 Å². The van der Waals surface area contributed by atoms with Crippen molar-refractivity contribution < 1.29 is 14.6 Å². The molecule has 0 saturated heterocycles. The number of aromatic nitrogens is 2. The molecule has 14 heavy (non-hydrogen) atoms. The lowest BCUT2D eigenvalue weighted by molar-refractivity contribution is 0.0457. The fraction of sp³-hybridized carbons (Fsp3) is 0.111. The van der Waals surface area contributed by atoms with Gasteiger partial charge in [-0.2, -0.15) is 0 Å². The number of pyridine rings is 1. The molecule has 0 aliphatic rings. The van der Waals surface area contributed by atoms with Crippen molar-refractivity contribution in [1.82, 2.24) is 9.55 Å². The standard InChI is InChI=1S/C9H8N2O3/c12-6-14-9(13)11-4-2-7-1-3-10-5-8(7)11/h1-5,12H,6H2. The Balaban J connectivity index is 2.47. The summed E-state index contributed by atoms with van der Waals surface area (Å²) in [7, 11) is 0. The Morgan fingerprint density at radius 2 is 2.43 bits per heavy atom. The van der Waals surface area contributed by atoms with Crippen molar-refractivity contribution in [1.29, 1.82) is 0 Å². The van der Waals surface area contributed by atoms with Gasteiger partial charge in [-0.25, -0.2) is 4.79 Å². The molecule has 5 heteroatoms. The van der Waals surface area contributed by atoms with E-state index in [9.17, 15) is 4.79 Å². The van der Waals surface area contributed by atoms with E-state index >= 15 is 0 Å². The third kappa shape index (κ3) is 1.33. The van der Waals surface area contributed by atoms with Crippen molar-refractivity contribution in [2.24, 2.45) is 0 Å². The van der Waals surface area contributed by atoms with Gasteiger partial charge in [-0.3, -0.25) is 9.55 Å². The summed E-state index contributed by atoms with van der Waals surface area (Å²) < 4.78 is 5.74. The van der Waals surface area contributed by atoms with Crippen molar-refractivity contribution in [3.05, 3.63) is 30.7 Å². The van der Waals surface area contributed by atoms with E-state index in [-0.39, 0.29) is 0 Å². The molecule has 0 unspecified atom stereocenters. The summed E-state index contributed by atoms with van der Waals surface area (Å²) in [5, 5.41) is 9.33. The van der Waals surface area contributed by atoms with Crippen LogP contribution in [-0.2, 0) is 4.74 Å². The number of aliphatic hydroxyl groups is 1. The van der Waals surface area contributed by atoms with Crippen LogP contribution in [-0.4, -0.2) is 27.5 Å². The highest BCUT2D eigenvalue weighted by Gasteiger charge is 2.08. The number of nitrogens with zero attached hydrogens (tertiary/aromatic N) is 2. The van der Waals surface area contributed by atoms with Crippen molar-refractivity contribution in [2.45, 2.75) is 0 Å². The lowest BCUT2D eigenvalue weighted by Gasteiger charge is -2.02. The molecule has 0 aliphatic carbocycles. The average molecular weight is 192 g/mol. The molecule has 0 atom stereocenters. The summed E-state index contributed by atoms with van der Waals surface area (Å²) in [4.78, 5) is 15.2. The third-order valence-electron chi connectivity index (χ3n) is 1.88. The van der Waals surface area contributed by atoms with Gasteiger partial charge in [0.25, 0.3) is 0 Å². The normalized spacial score (nSPS) is 10.4. The molecule has 0 fully saturated rings. The summed E-state index contributed by atoms with van der Waals surface area (Å²) >= 11 is 0. The molecule has 0 spiro atoms. The van der Waals surface area contributed by atoms with Gasteiger partial charge >= 0.3 is 6.09 Å². The Hall–Kier alpha value is -1.88. The Kier molecular flexibility index (Phi) is 2.16. The van der Waals surface area contributed by atoms with Gasteiger partial charge < -0.3 is 9.84 Å². The molecule has 0 saturated carbocycles. The monoisotopic (exact) mass is 192 g/mol. The Morgan fingerprint density at radius 1 is 1.57 bits per heavy atom. The molecule has 72 valence electrons. The summed E-state index contributed by atoms with van der Waals surface area (Å²) in [6, 6.07) is 3.56. The maximum absolute atomic E-state index is 11.3. The van der Waals surface area contributed by atoms with Gasteiger partial charge in [0.15, 0.2) is 6.79 Å². The van der Waals surface area contributed by atoms with Crippen LogP contribution in [0.4, 0.5) is 4.79 Å². The number of hydrogen-bond donors (Lipinski definition) is 1. The second kappa shape index (κ2) is 3.47. The fourth-order valence-corrected chi connectivity index (χ4v) is 1.26. The van der Waals surface area contributed by atoms with Gasteiger partial charge in [0, 0.05) is 17.8 Å². The minimum Gasteiger partial charge on any atom is -0.422 e. The van der Waals surface area contributed by atoms with Crippen LogP contribution in [0.2, 0.25) is 0 Å². The van der Waals surface area contributed by atoms with E-state index in [1.54, 1.807) is 30.7 Å². The zero-order valence-corrected chi connectivity index (χ0v) is 7.25. The first kappa shape index (κ1) is 8.71. The van der Waals surface area contributed by atoms with Crippen LogP contribution in [0.15, 0.2) is 30.7 Å². The number of hydrogen-bond acceptors (Lipinski definition) is 4. The minimum atomic E-state index is -0.626. The predicted molar refractivity (Wildman–Crippen MR) is 48.7 cm³/mol. The molecule has 0 amide bonds. The van der Waals surface area contributed by atoms with Crippen LogP contribution in [0.1, 0.15) is 0 Å². The van der Waals surface area contributed by atoms with Crippen molar-refractivity contribution >= 4 is 17.0 Å². The number of fused-ring (bicyclic) bond motifs is 1. The number of ether oxygens (including phenoxy) is 1. The Morgan fingerprint density at radius 3 is 3.21 bits per heavy atom. The summed E-state index contributed by atoms with van der Waals surface area (Å²) in [5.41, 5.74) is 0.658. The van der Waals surface area contributed by atoms with Crippen LogP contribution in [0.5, 0.6) is 0 Å². The van der Waals surface area contributed by atoms with E-state index in [0.717, 1.165) is 5.39 Å². The first-order chi connectivity index (χ1) is 6.83. The lowest BCUT2D eigenvalue weighted by atomic mass is 10.3. The number of carbonyl (C=O) groups excluding carboxylic acids is 1. The van der Waals surface area contributed by atoms with Crippen molar-refractivity contribution in [3.63, 3.8) is 0 Å². The van der Waals surface area contributed by atoms with Crippen LogP contribution >= 0.6 is 0 Å². The van der Waals surface area contributed by atoms with Gasteiger partial charge in [-0.05, 0) is 12.1 Å². The molecule has 2 rings (SSSR count).